The number of rotatable bonds is 9. The van der Waals surface area contributed by atoms with Gasteiger partial charge in [0.1, 0.15) is 5.75 Å². The van der Waals surface area contributed by atoms with Gasteiger partial charge in [-0.15, -0.1) is 0 Å². The second-order valence-electron chi connectivity index (χ2n) is 9.82. The Kier molecular flexibility index (Phi) is 8.41. The summed E-state index contributed by atoms with van der Waals surface area (Å²) in [6.07, 6.45) is 2.25. The second-order valence-corrected chi connectivity index (χ2v) is 9.82. The number of hydrogen-bond acceptors (Lipinski definition) is 4. The minimum Gasteiger partial charge on any atom is -0.497 e. The molecule has 0 spiro atoms. The Hall–Kier alpha value is -4.64. The van der Waals surface area contributed by atoms with E-state index in [9.17, 15) is 0 Å². The van der Waals surface area contributed by atoms with E-state index in [-0.39, 0.29) is 0 Å². The molecule has 40 heavy (non-hydrogen) atoms. The van der Waals surface area contributed by atoms with Crippen molar-refractivity contribution in [3.63, 3.8) is 0 Å². The average molecular weight is 526 g/mol. The molecular formula is C36H35N3O. The molecule has 0 radical (unpaired) electrons. The molecular weight excluding hydrogens is 490 g/mol. The first-order chi connectivity index (χ1) is 19.6. The van der Waals surface area contributed by atoms with Gasteiger partial charge in [-0.05, 0) is 94.9 Å². The van der Waals surface area contributed by atoms with Crippen molar-refractivity contribution < 1.29 is 4.74 Å². The third-order valence-electron chi connectivity index (χ3n) is 7.09. The van der Waals surface area contributed by atoms with Crippen molar-refractivity contribution in [3.8, 4) is 5.75 Å². The van der Waals surface area contributed by atoms with Gasteiger partial charge in [0.2, 0.25) is 0 Å². The predicted octanol–water partition coefficient (Wildman–Crippen LogP) is 7.98. The Morgan fingerprint density at radius 1 is 0.600 bits per heavy atom. The maximum atomic E-state index is 5.85. The highest BCUT2D eigenvalue weighted by Gasteiger charge is 2.13. The summed E-state index contributed by atoms with van der Waals surface area (Å²) in [4.78, 5) is 2.24. The molecule has 200 valence electrons. The molecule has 4 heteroatoms. The van der Waals surface area contributed by atoms with Crippen LogP contribution >= 0.6 is 0 Å². The fourth-order valence-electron chi connectivity index (χ4n) is 4.73. The van der Waals surface area contributed by atoms with Crippen molar-refractivity contribution in [2.75, 3.05) is 12.0 Å². The van der Waals surface area contributed by atoms with Gasteiger partial charge in [0.15, 0.2) is 0 Å². The molecule has 0 heterocycles. The zero-order chi connectivity index (χ0) is 27.9. The van der Waals surface area contributed by atoms with E-state index >= 15 is 0 Å². The molecule has 0 fully saturated rings. The molecule has 5 aromatic rings. The van der Waals surface area contributed by atoms with Gasteiger partial charge >= 0.3 is 0 Å². The second kappa shape index (κ2) is 12.5. The van der Waals surface area contributed by atoms with E-state index in [0.29, 0.717) is 13.1 Å². The fourth-order valence-corrected chi connectivity index (χ4v) is 4.73. The summed E-state index contributed by atoms with van der Waals surface area (Å²) in [5.41, 5.74) is 23.0. The van der Waals surface area contributed by atoms with Gasteiger partial charge < -0.3 is 21.1 Å². The maximum Gasteiger partial charge on any atom is 0.119 e. The number of ether oxygens (including phenoxy) is 1. The van der Waals surface area contributed by atoms with Crippen LogP contribution < -0.4 is 21.1 Å². The topological polar surface area (TPSA) is 64.5 Å². The molecule has 0 amide bonds. The number of nitrogens with two attached hydrogens (primary N) is 2. The highest BCUT2D eigenvalue weighted by molar-refractivity contribution is 5.92. The van der Waals surface area contributed by atoms with Crippen LogP contribution in [0, 0.1) is 6.92 Å². The fraction of sp³-hybridized carbons (Fsp3) is 0.111. The van der Waals surface area contributed by atoms with Gasteiger partial charge in [-0.2, -0.15) is 0 Å². The standard InChI is InChI=1S/C36H35N3O/c1-26-3-11-30(12-4-26)36(31-13-5-28(24-37)6-14-31)23-27-7-15-32(16-8-27)39(33-17-9-29(25-38)10-18-33)34-19-21-35(40-2)22-20-34/h3-23H,24-25,37-38H2,1-2H3. The first-order valence-electron chi connectivity index (χ1n) is 13.5. The van der Waals surface area contributed by atoms with E-state index in [1.54, 1.807) is 7.11 Å². The first-order valence-corrected chi connectivity index (χ1v) is 13.5. The van der Waals surface area contributed by atoms with E-state index in [4.69, 9.17) is 16.2 Å². The number of nitrogens with zero attached hydrogens (tertiary/aromatic N) is 1. The lowest BCUT2D eigenvalue weighted by molar-refractivity contribution is 0.415. The van der Waals surface area contributed by atoms with Gasteiger partial charge in [0.05, 0.1) is 7.11 Å². The van der Waals surface area contributed by atoms with E-state index in [1.807, 2.05) is 12.1 Å². The predicted molar refractivity (Wildman–Crippen MR) is 168 cm³/mol. The summed E-state index contributed by atoms with van der Waals surface area (Å²) >= 11 is 0. The normalized spacial score (nSPS) is 11.3. The molecule has 4 nitrogen and oxygen atoms in total. The Bertz CT molecular complexity index is 1510. The van der Waals surface area contributed by atoms with Gasteiger partial charge in [-0.1, -0.05) is 78.4 Å². The Balaban J connectivity index is 1.54. The molecule has 0 atom stereocenters. The largest absolute Gasteiger partial charge is 0.497 e. The van der Waals surface area contributed by atoms with Crippen LogP contribution in [-0.4, -0.2) is 7.11 Å². The van der Waals surface area contributed by atoms with Crippen LogP contribution in [0.15, 0.2) is 121 Å². The van der Waals surface area contributed by atoms with Gasteiger partial charge in [0, 0.05) is 30.2 Å². The first kappa shape index (κ1) is 26.9. The van der Waals surface area contributed by atoms with Gasteiger partial charge in [-0.25, -0.2) is 0 Å². The number of hydrogen-bond donors (Lipinski definition) is 2. The van der Waals surface area contributed by atoms with Crippen LogP contribution in [0.3, 0.4) is 0 Å². The minimum atomic E-state index is 0.516. The molecule has 5 aromatic carbocycles. The number of methoxy groups -OCH3 is 1. The van der Waals surface area contributed by atoms with Crippen molar-refractivity contribution in [1.82, 2.24) is 0 Å². The van der Waals surface area contributed by atoms with Crippen LogP contribution in [0.25, 0.3) is 11.6 Å². The van der Waals surface area contributed by atoms with Crippen molar-refractivity contribution in [3.05, 3.63) is 155 Å². The Morgan fingerprint density at radius 3 is 1.50 bits per heavy atom. The molecule has 0 aliphatic heterocycles. The summed E-state index contributed by atoms with van der Waals surface area (Å²) in [5, 5.41) is 0. The van der Waals surface area contributed by atoms with Crippen molar-refractivity contribution in [2.24, 2.45) is 11.5 Å². The molecule has 5 rings (SSSR count). The lowest BCUT2D eigenvalue weighted by Crippen LogP contribution is -2.10. The third kappa shape index (κ3) is 6.15. The maximum absolute atomic E-state index is 5.85. The van der Waals surface area contributed by atoms with Crippen molar-refractivity contribution in [1.29, 1.82) is 0 Å². The molecule has 4 N–H and O–H groups in total. The molecule has 0 aromatic heterocycles. The van der Waals surface area contributed by atoms with Gasteiger partial charge in [0.25, 0.3) is 0 Å². The summed E-state index contributed by atoms with van der Waals surface area (Å²) in [5.74, 6) is 0.825. The lowest BCUT2D eigenvalue weighted by Gasteiger charge is -2.26. The lowest BCUT2D eigenvalue weighted by atomic mass is 9.94. The summed E-state index contributed by atoms with van der Waals surface area (Å²) in [6.45, 7) is 3.16. The summed E-state index contributed by atoms with van der Waals surface area (Å²) in [7, 11) is 1.68. The third-order valence-corrected chi connectivity index (χ3v) is 7.09. The monoisotopic (exact) mass is 525 g/mol. The zero-order valence-electron chi connectivity index (χ0n) is 23.0. The van der Waals surface area contributed by atoms with Crippen LogP contribution in [0.1, 0.15) is 33.4 Å². The summed E-state index contributed by atoms with van der Waals surface area (Å²) in [6, 6.07) is 42.3. The highest BCUT2D eigenvalue weighted by atomic mass is 16.5. The Morgan fingerprint density at radius 2 is 1.02 bits per heavy atom. The van der Waals surface area contributed by atoms with Crippen molar-refractivity contribution >= 4 is 28.7 Å². The molecule has 0 saturated carbocycles. The van der Waals surface area contributed by atoms with E-state index in [2.05, 4.69) is 127 Å². The quantitative estimate of drug-likeness (QED) is 0.192. The minimum absolute atomic E-state index is 0.516. The molecule has 0 bridgehead atoms. The van der Waals surface area contributed by atoms with Crippen LogP contribution in [0.5, 0.6) is 5.75 Å². The smallest absolute Gasteiger partial charge is 0.119 e. The highest BCUT2D eigenvalue weighted by Crippen LogP contribution is 2.36. The van der Waals surface area contributed by atoms with Gasteiger partial charge in [-0.3, -0.25) is 0 Å². The van der Waals surface area contributed by atoms with E-state index in [0.717, 1.165) is 45.1 Å². The molecule has 0 aliphatic rings. The van der Waals surface area contributed by atoms with Crippen LogP contribution in [0.4, 0.5) is 17.1 Å². The number of anilines is 3. The number of benzene rings is 5. The number of aryl methyl sites for hydroxylation is 1. The molecule has 0 aliphatic carbocycles. The van der Waals surface area contributed by atoms with Crippen molar-refractivity contribution in [2.45, 2.75) is 20.0 Å². The SMILES string of the molecule is COc1ccc(N(c2ccc(C=C(c3ccc(C)cc3)c3ccc(CN)cc3)cc2)c2ccc(CN)cc2)cc1. The van der Waals surface area contributed by atoms with E-state index < -0.39 is 0 Å². The van der Waals surface area contributed by atoms with E-state index in [1.165, 1.54) is 16.7 Å². The Labute approximate surface area is 237 Å². The van der Waals surface area contributed by atoms with Crippen LogP contribution in [0.2, 0.25) is 0 Å². The summed E-state index contributed by atoms with van der Waals surface area (Å²) < 4.78 is 5.39. The molecule has 0 saturated heterocycles. The molecule has 0 unspecified atom stereocenters. The zero-order valence-corrected chi connectivity index (χ0v) is 23.0. The average Bonchev–Trinajstić information content (AvgIpc) is 3.02. The van der Waals surface area contributed by atoms with Crippen LogP contribution in [-0.2, 0) is 13.1 Å².